The molecule has 0 saturated carbocycles. The molecule has 1 aliphatic rings. The van der Waals surface area contributed by atoms with Gasteiger partial charge in [-0.1, -0.05) is 11.6 Å². The summed E-state index contributed by atoms with van der Waals surface area (Å²) in [5.41, 5.74) is -0.808. The molecule has 23 heavy (non-hydrogen) atoms. The number of halogens is 2. The fraction of sp³-hybridized carbons (Fsp3) is 0.429. The van der Waals surface area contributed by atoms with Crippen LogP contribution in [0.2, 0.25) is 5.02 Å². The molecule has 5 nitrogen and oxygen atoms in total. The summed E-state index contributed by atoms with van der Waals surface area (Å²) in [6, 6.07) is 3.62. The Balaban J connectivity index is 1.87. The fourth-order valence-electron chi connectivity index (χ4n) is 1.87. The molecule has 9 heteroatoms. The first-order chi connectivity index (χ1) is 10.9. The summed E-state index contributed by atoms with van der Waals surface area (Å²) in [7, 11) is 0. The van der Waals surface area contributed by atoms with Crippen LogP contribution in [-0.4, -0.2) is 52.1 Å². The summed E-state index contributed by atoms with van der Waals surface area (Å²) in [4.78, 5) is 23.6. The van der Waals surface area contributed by atoms with E-state index in [1.54, 1.807) is 23.5 Å². The third-order valence-electron chi connectivity index (χ3n) is 3.08. The molecule has 0 bridgehead atoms. The Hall–Kier alpha value is -0.960. The fourth-order valence-corrected chi connectivity index (χ4v) is 4.58. The van der Waals surface area contributed by atoms with E-state index in [0.717, 1.165) is 17.6 Å². The van der Waals surface area contributed by atoms with Gasteiger partial charge in [0.25, 0.3) is 0 Å². The number of nitrogens with one attached hydrogen (secondary N) is 2. The summed E-state index contributed by atoms with van der Waals surface area (Å²) in [5.74, 6) is 0.549. The molecule has 0 spiro atoms. The highest BCUT2D eigenvalue weighted by Gasteiger charge is 2.30. The number of anilines is 1. The molecule has 1 aromatic rings. The van der Waals surface area contributed by atoms with Crippen LogP contribution in [0.25, 0.3) is 0 Å². The van der Waals surface area contributed by atoms with E-state index in [2.05, 4.69) is 10.6 Å². The number of thioether (sulfide) groups is 2. The van der Waals surface area contributed by atoms with Gasteiger partial charge in [0.15, 0.2) is 0 Å². The maximum absolute atomic E-state index is 13.0. The van der Waals surface area contributed by atoms with Gasteiger partial charge < -0.3 is 15.7 Å². The molecule has 0 atom stereocenters. The number of carbonyl (C=O) groups excluding carboxylic acids is 2. The second kappa shape index (κ2) is 8.23. The van der Waals surface area contributed by atoms with Crippen molar-refractivity contribution in [2.45, 2.75) is 5.60 Å². The maximum Gasteiger partial charge on any atom is 0.313 e. The van der Waals surface area contributed by atoms with E-state index in [9.17, 15) is 19.1 Å². The van der Waals surface area contributed by atoms with Gasteiger partial charge in [-0.2, -0.15) is 23.5 Å². The van der Waals surface area contributed by atoms with Crippen molar-refractivity contribution < 1.29 is 19.1 Å². The van der Waals surface area contributed by atoms with Crippen LogP contribution < -0.4 is 10.6 Å². The van der Waals surface area contributed by atoms with Crippen LogP contribution in [0.4, 0.5) is 10.1 Å². The molecule has 0 aliphatic carbocycles. The molecular weight excluding hydrogens is 363 g/mol. The Morgan fingerprint density at radius 1 is 1.26 bits per heavy atom. The van der Waals surface area contributed by atoms with Crippen LogP contribution >= 0.6 is 35.1 Å². The number of aliphatic hydroxyl groups is 1. The quantitative estimate of drug-likeness (QED) is 0.698. The Kier molecular flexibility index (Phi) is 6.58. The third-order valence-corrected chi connectivity index (χ3v) is 6.09. The number of carbonyl (C=O) groups is 2. The van der Waals surface area contributed by atoms with Crippen LogP contribution in [0.5, 0.6) is 0 Å². The molecule has 1 aromatic carbocycles. The van der Waals surface area contributed by atoms with E-state index in [0.29, 0.717) is 11.5 Å². The van der Waals surface area contributed by atoms with E-state index in [-0.39, 0.29) is 17.3 Å². The average Bonchev–Trinajstić information content (AvgIpc) is 2.74. The average molecular weight is 379 g/mol. The predicted octanol–water partition coefficient (Wildman–Crippen LogP) is 1.74. The predicted molar refractivity (Wildman–Crippen MR) is 92.6 cm³/mol. The first-order valence-electron chi connectivity index (χ1n) is 6.82. The summed E-state index contributed by atoms with van der Waals surface area (Å²) in [6.45, 7) is 0.00340. The van der Waals surface area contributed by atoms with Gasteiger partial charge in [-0.15, -0.1) is 0 Å². The second-order valence-corrected chi connectivity index (χ2v) is 7.71. The third kappa shape index (κ3) is 5.56. The Morgan fingerprint density at radius 2 is 1.91 bits per heavy atom. The lowest BCUT2D eigenvalue weighted by Gasteiger charge is -2.25. The molecule has 1 fully saturated rings. The molecule has 3 N–H and O–H groups in total. The normalized spacial score (nSPS) is 17.2. The van der Waals surface area contributed by atoms with E-state index >= 15 is 0 Å². The number of amides is 2. The monoisotopic (exact) mass is 378 g/mol. The topological polar surface area (TPSA) is 78.4 Å². The Morgan fingerprint density at radius 3 is 2.52 bits per heavy atom. The zero-order valence-electron chi connectivity index (χ0n) is 12.1. The lowest BCUT2D eigenvalue weighted by Crippen LogP contribution is -2.49. The van der Waals surface area contributed by atoms with Crippen LogP contribution in [0, 0.1) is 5.82 Å². The zero-order valence-corrected chi connectivity index (χ0v) is 14.5. The number of hydrogen-bond acceptors (Lipinski definition) is 5. The van der Waals surface area contributed by atoms with Crippen molar-refractivity contribution in [1.29, 1.82) is 0 Å². The number of benzene rings is 1. The maximum atomic E-state index is 13.0. The Labute approximate surface area is 146 Å². The van der Waals surface area contributed by atoms with Gasteiger partial charge in [0.05, 0.1) is 10.6 Å². The standard InChI is InChI=1S/C14H16ClFN2O3S2/c15-10-5-9(1-2-11(10)16)18-13(20)12(19)17-6-14(21)7-22-3-4-23-8-14/h1-2,5,21H,3-4,6-8H2,(H,17,19)(H,18,20). The van der Waals surface area contributed by atoms with E-state index in [4.69, 9.17) is 11.6 Å². The van der Waals surface area contributed by atoms with Crippen molar-refractivity contribution in [1.82, 2.24) is 5.32 Å². The van der Waals surface area contributed by atoms with E-state index in [1.807, 2.05) is 0 Å². The van der Waals surface area contributed by atoms with Crippen molar-refractivity contribution in [3.8, 4) is 0 Å². The first-order valence-corrected chi connectivity index (χ1v) is 9.50. The number of rotatable bonds is 3. The van der Waals surface area contributed by atoms with Gasteiger partial charge in [0.1, 0.15) is 5.82 Å². The first kappa shape index (κ1) is 18.4. The minimum atomic E-state index is -1.03. The van der Waals surface area contributed by atoms with Crippen LogP contribution in [0.3, 0.4) is 0 Å². The van der Waals surface area contributed by atoms with Gasteiger partial charge in [-0.05, 0) is 18.2 Å². The molecule has 1 heterocycles. The van der Waals surface area contributed by atoms with E-state index in [1.165, 1.54) is 12.1 Å². The van der Waals surface area contributed by atoms with E-state index < -0.39 is 23.2 Å². The number of hydrogen-bond donors (Lipinski definition) is 3. The molecule has 2 amide bonds. The van der Waals surface area contributed by atoms with Gasteiger partial charge in [0.2, 0.25) is 0 Å². The molecule has 1 aliphatic heterocycles. The SMILES string of the molecule is O=C(NCC1(O)CSCCSC1)C(=O)Nc1ccc(F)c(Cl)c1. The lowest BCUT2D eigenvalue weighted by atomic mass is 10.1. The van der Waals surface area contributed by atoms with Gasteiger partial charge in [-0.25, -0.2) is 4.39 Å². The van der Waals surface area contributed by atoms with Crippen molar-refractivity contribution in [2.75, 3.05) is 34.9 Å². The summed E-state index contributed by atoms with van der Waals surface area (Å²) >= 11 is 8.84. The smallest absolute Gasteiger partial charge is 0.313 e. The van der Waals surface area contributed by atoms with Crippen LogP contribution in [-0.2, 0) is 9.59 Å². The Bertz CT molecular complexity index is 595. The lowest BCUT2D eigenvalue weighted by molar-refractivity contribution is -0.136. The van der Waals surface area contributed by atoms with Gasteiger partial charge >= 0.3 is 11.8 Å². The van der Waals surface area contributed by atoms with Crippen molar-refractivity contribution in [3.63, 3.8) is 0 Å². The molecule has 1 saturated heterocycles. The molecule has 2 rings (SSSR count). The minimum Gasteiger partial charge on any atom is -0.386 e. The second-order valence-electron chi connectivity index (χ2n) is 5.10. The highest BCUT2D eigenvalue weighted by molar-refractivity contribution is 8.03. The molecule has 0 unspecified atom stereocenters. The van der Waals surface area contributed by atoms with Gasteiger partial charge in [0, 0.05) is 35.2 Å². The summed E-state index contributed by atoms with van der Waals surface area (Å²) < 4.78 is 13.0. The van der Waals surface area contributed by atoms with Gasteiger partial charge in [-0.3, -0.25) is 9.59 Å². The molecule has 0 aromatic heterocycles. The molecule has 0 radical (unpaired) electrons. The highest BCUT2D eigenvalue weighted by Crippen LogP contribution is 2.24. The molecular formula is C14H16ClFN2O3S2. The molecule has 126 valence electrons. The van der Waals surface area contributed by atoms with Crippen LogP contribution in [0.1, 0.15) is 0 Å². The summed E-state index contributed by atoms with van der Waals surface area (Å²) in [5, 5.41) is 15.0. The largest absolute Gasteiger partial charge is 0.386 e. The zero-order chi connectivity index (χ0) is 16.9. The van der Waals surface area contributed by atoms with Crippen molar-refractivity contribution >= 4 is 52.6 Å². The van der Waals surface area contributed by atoms with Crippen LogP contribution in [0.15, 0.2) is 18.2 Å². The highest BCUT2D eigenvalue weighted by atomic mass is 35.5. The van der Waals surface area contributed by atoms with Crippen molar-refractivity contribution in [3.05, 3.63) is 29.0 Å². The summed E-state index contributed by atoms with van der Waals surface area (Å²) in [6.07, 6.45) is 0. The minimum absolute atomic E-state index is 0.00340. The van der Waals surface area contributed by atoms with Crippen molar-refractivity contribution in [2.24, 2.45) is 0 Å².